The summed E-state index contributed by atoms with van der Waals surface area (Å²) >= 11 is 5.93. The maximum absolute atomic E-state index is 14.5. The topological polar surface area (TPSA) is 72.9 Å². The van der Waals surface area contributed by atoms with E-state index in [1.807, 2.05) is 0 Å². The normalized spacial score (nSPS) is 30.7. The van der Waals surface area contributed by atoms with E-state index in [1.165, 1.54) is 19.1 Å². The molecule has 30 heavy (non-hydrogen) atoms. The van der Waals surface area contributed by atoms with Gasteiger partial charge < -0.3 is 14.9 Å². The van der Waals surface area contributed by atoms with Crippen LogP contribution in [0.15, 0.2) is 24.3 Å². The van der Waals surface area contributed by atoms with Crippen LogP contribution in [-0.4, -0.2) is 69.7 Å². The smallest absolute Gasteiger partial charge is 0.394 e. The Balaban J connectivity index is 1.81. The summed E-state index contributed by atoms with van der Waals surface area (Å²) in [5.41, 5.74) is -0.465. The van der Waals surface area contributed by atoms with Gasteiger partial charge in [-0.3, -0.25) is 14.9 Å². The van der Waals surface area contributed by atoms with Crippen LogP contribution in [0.5, 0.6) is 0 Å². The summed E-state index contributed by atoms with van der Waals surface area (Å²) in [6, 6.07) is 1.92. The second-order valence-corrected chi connectivity index (χ2v) is 8.10. The van der Waals surface area contributed by atoms with Crippen LogP contribution >= 0.6 is 11.6 Å². The number of hydrogen-bond donors (Lipinski definition) is 2. The molecule has 0 bridgehead atoms. The molecule has 3 unspecified atom stereocenters. The molecule has 166 valence electrons. The van der Waals surface area contributed by atoms with E-state index in [-0.39, 0.29) is 19.5 Å². The molecular weight excluding hydrogens is 430 g/mol. The number of benzene rings is 1. The largest absolute Gasteiger partial charge is 0.416 e. The zero-order chi connectivity index (χ0) is 22.2. The highest BCUT2D eigenvalue weighted by molar-refractivity contribution is 6.20. The third kappa shape index (κ3) is 4.40. The molecule has 1 aromatic carbocycles. The lowest BCUT2D eigenvalue weighted by Gasteiger charge is -2.48. The first-order valence-corrected chi connectivity index (χ1v) is 9.89. The van der Waals surface area contributed by atoms with Crippen molar-refractivity contribution in [3.63, 3.8) is 0 Å². The minimum absolute atomic E-state index is 0.0168. The lowest BCUT2D eigenvalue weighted by molar-refractivity contribution is -0.169. The molecule has 2 fully saturated rings. The van der Waals surface area contributed by atoms with E-state index >= 15 is 0 Å². The summed E-state index contributed by atoms with van der Waals surface area (Å²) < 4.78 is 52.8. The summed E-state index contributed by atoms with van der Waals surface area (Å²) in [4.78, 5) is 28.2. The van der Waals surface area contributed by atoms with Crippen molar-refractivity contribution in [3.05, 3.63) is 35.4 Å². The van der Waals surface area contributed by atoms with E-state index in [2.05, 4.69) is 5.32 Å². The van der Waals surface area contributed by atoms with Gasteiger partial charge in [0.25, 0.3) is 0 Å². The molecule has 2 aliphatic rings. The van der Waals surface area contributed by atoms with Gasteiger partial charge in [0.2, 0.25) is 11.8 Å². The van der Waals surface area contributed by atoms with Crippen molar-refractivity contribution in [1.82, 2.24) is 15.1 Å². The fourth-order valence-corrected chi connectivity index (χ4v) is 4.11. The monoisotopic (exact) mass is 451 g/mol. The van der Waals surface area contributed by atoms with Crippen molar-refractivity contribution < 1.29 is 32.3 Å². The molecule has 0 saturated carbocycles. The third-order valence-electron chi connectivity index (χ3n) is 5.45. The van der Waals surface area contributed by atoms with Gasteiger partial charge in [0.05, 0.1) is 12.2 Å². The molecule has 5 atom stereocenters. The zero-order valence-electron chi connectivity index (χ0n) is 16.1. The lowest BCUT2D eigenvalue weighted by atomic mass is 9.99. The zero-order valence-corrected chi connectivity index (χ0v) is 16.8. The molecule has 2 aliphatic heterocycles. The highest BCUT2D eigenvalue weighted by atomic mass is 35.5. The Morgan fingerprint density at radius 1 is 1.20 bits per heavy atom. The van der Waals surface area contributed by atoms with Gasteiger partial charge in [-0.2, -0.15) is 13.2 Å². The van der Waals surface area contributed by atoms with Gasteiger partial charge in [-0.1, -0.05) is 12.1 Å². The standard InChI is InChI=1S/C19H22ClF4N3O3/c1-10-17(29)26(8-11-2-4-12(5-3-11)19(22,23)24)15(9-28)18(30)27(10)16-14(21)6-13(20)7-25-16/h2-5,10,13-16,25,28H,6-9H2,1H3/t10-,13?,14?,15-,16?/m0/s1. The van der Waals surface area contributed by atoms with Gasteiger partial charge in [0.1, 0.15) is 24.4 Å². The summed E-state index contributed by atoms with van der Waals surface area (Å²) in [5, 5.41) is 12.2. The first kappa shape index (κ1) is 22.8. The Morgan fingerprint density at radius 3 is 2.37 bits per heavy atom. The molecule has 0 aromatic heterocycles. The number of carbonyl (C=O) groups excluding carboxylic acids is 2. The summed E-state index contributed by atoms with van der Waals surface area (Å²) in [6.07, 6.45) is -7.01. The number of piperidine rings is 1. The predicted octanol–water partition coefficient (Wildman–Crippen LogP) is 1.89. The number of halogens is 5. The van der Waals surface area contributed by atoms with Crippen molar-refractivity contribution >= 4 is 23.4 Å². The van der Waals surface area contributed by atoms with E-state index in [9.17, 15) is 32.3 Å². The van der Waals surface area contributed by atoms with Crippen LogP contribution in [0.2, 0.25) is 0 Å². The molecule has 2 heterocycles. The van der Waals surface area contributed by atoms with Crippen LogP contribution in [-0.2, 0) is 22.3 Å². The van der Waals surface area contributed by atoms with Gasteiger partial charge >= 0.3 is 6.18 Å². The number of aliphatic hydroxyl groups is 1. The number of alkyl halides is 5. The SMILES string of the molecule is C[C@H]1C(=O)N(Cc2ccc(C(F)(F)F)cc2)[C@@H](CO)C(=O)N1C1NCC(Cl)CC1F. The molecule has 0 radical (unpaired) electrons. The van der Waals surface area contributed by atoms with Crippen molar-refractivity contribution in [2.75, 3.05) is 13.2 Å². The average Bonchev–Trinajstić information content (AvgIpc) is 2.67. The first-order chi connectivity index (χ1) is 14.0. The van der Waals surface area contributed by atoms with Crippen LogP contribution in [0.25, 0.3) is 0 Å². The Bertz CT molecular complexity index is 792. The second-order valence-electron chi connectivity index (χ2n) is 7.48. The molecular formula is C19H22ClF4N3O3. The summed E-state index contributed by atoms with van der Waals surface area (Å²) in [7, 11) is 0. The minimum Gasteiger partial charge on any atom is -0.394 e. The van der Waals surface area contributed by atoms with Gasteiger partial charge in [-0.15, -0.1) is 11.6 Å². The van der Waals surface area contributed by atoms with Crippen LogP contribution in [0.1, 0.15) is 24.5 Å². The summed E-state index contributed by atoms with van der Waals surface area (Å²) in [6.45, 7) is 0.856. The minimum atomic E-state index is -4.49. The summed E-state index contributed by atoms with van der Waals surface area (Å²) in [5.74, 6) is -1.17. The molecule has 2 saturated heterocycles. The Kier molecular flexibility index (Phi) is 6.59. The molecule has 11 heteroatoms. The van der Waals surface area contributed by atoms with Crippen LogP contribution < -0.4 is 5.32 Å². The van der Waals surface area contributed by atoms with E-state index < -0.39 is 60.0 Å². The van der Waals surface area contributed by atoms with E-state index in [1.54, 1.807) is 0 Å². The lowest BCUT2D eigenvalue weighted by Crippen LogP contribution is -2.71. The van der Waals surface area contributed by atoms with Crippen molar-refractivity contribution in [2.45, 2.75) is 55.9 Å². The van der Waals surface area contributed by atoms with Crippen molar-refractivity contribution in [2.24, 2.45) is 0 Å². The predicted molar refractivity (Wildman–Crippen MR) is 100 cm³/mol. The number of nitrogens with zero attached hydrogens (tertiary/aromatic N) is 2. The van der Waals surface area contributed by atoms with Crippen LogP contribution in [0, 0.1) is 0 Å². The number of amides is 2. The van der Waals surface area contributed by atoms with Crippen molar-refractivity contribution in [1.29, 1.82) is 0 Å². The molecule has 3 rings (SSSR count). The molecule has 0 aliphatic carbocycles. The van der Waals surface area contributed by atoms with Gasteiger partial charge in [0, 0.05) is 18.5 Å². The van der Waals surface area contributed by atoms with Crippen LogP contribution in [0.3, 0.4) is 0 Å². The van der Waals surface area contributed by atoms with Crippen LogP contribution in [0.4, 0.5) is 17.6 Å². The molecule has 1 aromatic rings. The number of aliphatic hydroxyl groups excluding tert-OH is 1. The fraction of sp³-hybridized carbons (Fsp3) is 0.579. The first-order valence-electron chi connectivity index (χ1n) is 9.45. The number of nitrogens with one attached hydrogen (secondary N) is 1. The van der Waals surface area contributed by atoms with E-state index in [0.29, 0.717) is 5.56 Å². The second kappa shape index (κ2) is 8.68. The Hall–Kier alpha value is -1.91. The van der Waals surface area contributed by atoms with E-state index in [0.717, 1.165) is 21.9 Å². The Morgan fingerprint density at radius 2 is 1.83 bits per heavy atom. The quantitative estimate of drug-likeness (QED) is 0.542. The average molecular weight is 452 g/mol. The molecule has 6 nitrogen and oxygen atoms in total. The highest BCUT2D eigenvalue weighted by Crippen LogP contribution is 2.30. The van der Waals surface area contributed by atoms with E-state index in [4.69, 9.17) is 11.6 Å². The van der Waals surface area contributed by atoms with Gasteiger partial charge in [-0.05, 0) is 31.0 Å². The number of hydrogen-bond acceptors (Lipinski definition) is 4. The molecule has 2 amide bonds. The fourth-order valence-electron chi connectivity index (χ4n) is 3.85. The van der Waals surface area contributed by atoms with Gasteiger partial charge in [-0.25, -0.2) is 4.39 Å². The van der Waals surface area contributed by atoms with Gasteiger partial charge in [0.15, 0.2) is 0 Å². The third-order valence-corrected chi connectivity index (χ3v) is 5.78. The number of piperazine rings is 1. The molecule has 2 N–H and O–H groups in total. The maximum Gasteiger partial charge on any atom is 0.416 e. The molecule has 0 spiro atoms. The highest BCUT2D eigenvalue weighted by Gasteiger charge is 2.49. The maximum atomic E-state index is 14.5. The number of rotatable bonds is 4. The Labute approximate surface area is 175 Å². The van der Waals surface area contributed by atoms with Crippen molar-refractivity contribution in [3.8, 4) is 0 Å². The number of carbonyl (C=O) groups is 2.